The monoisotopic (exact) mass is 300 g/mol. The molecule has 0 saturated carbocycles. The highest BCUT2D eigenvalue weighted by atomic mass is 32.1. The fourth-order valence-corrected chi connectivity index (χ4v) is 2.61. The Hall–Kier alpha value is -1.97. The second-order valence-corrected chi connectivity index (χ2v) is 5.89. The van der Waals surface area contributed by atoms with Crippen LogP contribution in [-0.4, -0.2) is 34.1 Å². The summed E-state index contributed by atoms with van der Waals surface area (Å²) < 4.78 is 5.76. The maximum Gasteiger partial charge on any atom is 0.316 e. The van der Waals surface area contributed by atoms with Gasteiger partial charge in [-0.05, 0) is 38.8 Å². The molecule has 3 rings (SSSR count). The molecule has 3 heterocycles. The van der Waals surface area contributed by atoms with Crippen molar-refractivity contribution >= 4 is 11.3 Å². The van der Waals surface area contributed by atoms with Crippen LogP contribution in [0.1, 0.15) is 29.1 Å². The van der Waals surface area contributed by atoms with E-state index in [-0.39, 0.29) is 6.10 Å². The summed E-state index contributed by atoms with van der Waals surface area (Å²) in [6, 6.07) is 0.428. The minimum Gasteiger partial charge on any atom is -0.460 e. The largest absolute Gasteiger partial charge is 0.460 e. The fourth-order valence-electron chi connectivity index (χ4n) is 2.06. The summed E-state index contributed by atoms with van der Waals surface area (Å²) >= 11 is 1.59. The van der Waals surface area contributed by atoms with E-state index in [9.17, 15) is 0 Å². The van der Waals surface area contributed by atoms with Gasteiger partial charge in [0.2, 0.25) is 0 Å². The van der Waals surface area contributed by atoms with Gasteiger partial charge in [-0.15, -0.1) is 11.3 Å². The highest BCUT2D eigenvalue weighted by Crippen LogP contribution is 2.11. The molecule has 21 heavy (non-hydrogen) atoms. The maximum absolute atomic E-state index is 5.76. The van der Waals surface area contributed by atoms with Crippen LogP contribution in [-0.2, 0) is 0 Å². The number of piperidine rings is 1. The molecule has 0 radical (unpaired) electrons. The number of thiazole rings is 1. The summed E-state index contributed by atoms with van der Waals surface area (Å²) in [5, 5.41) is 6.26. The summed E-state index contributed by atoms with van der Waals surface area (Å²) in [6.07, 6.45) is 5.58. The molecule has 1 fully saturated rings. The van der Waals surface area contributed by atoms with Gasteiger partial charge in [-0.2, -0.15) is 0 Å². The van der Waals surface area contributed by atoms with Crippen LogP contribution in [0, 0.1) is 18.8 Å². The molecular formula is C15H16N4OS. The molecule has 2 aromatic rings. The summed E-state index contributed by atoms with van der Waals surface area (Å²) in [6.45, 7) is 3.94. The van der Waals surface area contributed by atoms with Crippen molar-refractivity contribution < 1.29 is 4.74 Å². The molecule has 0 unspecified atom stereocenters. The van der Waals surface area contributed by atoms with Crippen LogP contribution in [0.5, 0.6) is 6.01 Å². The lowest BCUT2D eigenvalue weighted by atomic mass is 10.1. The summed E-state index contributed by atoms with van der Waals surface area (Å²) in [5.74, 6) is 6.01. The predicted molar refractivity (Wildman–Crippen MR) is 81.4 cm³/mol. The summed E-state index contributed by atoms with van der Waals surface area (Å²) in [4.78, 5) is 12.7. The molecule has 5 nitrogen and oxygen atoms in total. The van der Waals surface area contributed by atoms with Gasteiger partial charge in [-0.1, -0.05) is 5.92 Å². The van der Waals surface area contributed by atoms with Gasteiger partial charge < -0.3 is 10.1 Å². The van der Waals surface area contributed by atoms with Gasteiger partial charge in [0.05, 0.1) is 10.6 Å². The van der Waals surface area contributed by atoms with Crippen molar-refractivity contribution in [3.63, 3.8) is 0 Å². The Morgan fingerprint density at radius 1 is 1.24 bits per heavy atom. The number of ether oxygens (including phenoxy) is 1. The molecule has 0 spiro atoms. The van der Waals surface area contributed by atoms with Crippen molar-refractivity contribution in [2.45, 2.75) is 25.9 Å². The van der Waals surface area contributed by atoms with Gasteiger partial charge in [0.25, 0.3) is 0 Å². The molecule has 0 aromatic carbocycles. The van der Waals surface area contributed by atoms with Crippen LogP contribution < -0.4 is 10.1 Å². The maximum atomic E-state index is 5.76. The van der Waals surface area contributed by atoms with E-state index in [2.05, 4.69) is 32.1 Å². The zero-order valence-electron chi connectivity index (χ0n) is 11.8. The number of nitrogens with zero attached hydrogens (tertiary/aromatic N) is 3. The third-order valence-corrected chi connectivity index (χ3v) is 3.91. The molecule has 0 bridgehead atoms. The van der Waals surface area contributed by atoms with Gasteiger partial charge >= 0.3 is 6.01 Å². The van der Waals surface area contributed by atoms with Crippen molar-refractivity contribution in [2.75, 3.05) is 13.1 Å². The van der Waals surface area contributed by atoms with Crippen molar-refractivity contribution in [1.29, 1.82) is 0 Å². The first-order chi connectivity index (χ1) is 10.3. The third-order valence-electron chi connectivity index (χ3n) is 3.14. The number of nitrogens with one attached hydrogen (secondary N) is 1. The van der Waals surface area contributed by atoms with Crippen LogP contribution in [0.25, 0.3) is 0 Å². The Kier molecular flexibility index (Phi) is 4.43. The number of hydrogen-bond acceptors (Lipinski definition) is 6. The second kappa shape index (κ2) is 6.66. The standard InChI is InChI=1S/C15H16N4OS/c1-11-19-13(10-21-11)3-2-12-8-17-15(18-9-12)20-14-4-6-16-7-5-14/h8-10,14,16H,4-7H2,1H3. The smallest absolute Gasteiger partial charge is 0.316 e. The Bertz CT molecular complexity index is 650. The van der Waals surface area contributed by atoms with Crippen LogP contribution >= 0.6 is 11.3 Å². The van der Waals surface area contributed by atoms with Gasteiger partial charge in [0.1, 0.15) is 11.8 Å². The lowest BCUT2D eigenvalue weighted by Gasteiger charge is -2.22. The minimum absolute atomic E-state index is 0.209. The SMILES string of the molecule is Cc1nc(C#Cc2cnc(OC3CCNCC3)nc2)cs1. The molecule has 1 aliphatic rings. The Balaban J connectivity index is 1.62. The van der Waals surface area contributed by atoms with Crippen LogP contribution in [0.2, 0.25) is 0 Å². The van der Waals surface area contributed by atoms with E-state index in [1.807, 2.05) is 12.3 Å². The third kappa shape index (κ3) is 4.00. The van der Waals surface area contributed by atoms with Crippen LogP contribution in [0.3, 0.4) is 0 Å². The van der Waals surface area contributed by atoms with E-state index in [0.29, 0.717) is 6.01 Å². The molecule has 0 amide bonds. The Labute approximate surface area is 127 Å². The molecule has 108 valence electrons. The molecule has 2 aromatic heterocycles. The molecule has 0 atom stereocenters. The van der Waals surface area contributed by atoms with Crippen molar-refractivity contribution in [3.8, 4) is 17.9 Å². The quantitative estimate of drug-likeness (QED) is 0.857. The van der Waals surface area contributed by atoms with E-state index in [0.717, 1.165) is 42.2 Å². The topological polar surface area (TPSA) is 59.9 Å². The zero-order valence-corrected chi connectivity index (χ0v) is 12.6. The number of aromatic nitrogens is 3. The van der Waals surface area contributed by atoms with Gasteiger partial charge in [0.15, 0.2) is 0 Å². The first kappa shape index (κ1) is 14.0. The van der Waals surface area contributed by atoms with E-state index < -0.39 is 0 Å². The number of hydrogen-bond donors (Lipinski definition) is 1. The first-order valence-electron chi connectivity index (χ1n) is 6.93. The highest BCUT2D eigenvalue weighted by molar-refractivity contribution is 7.09. The van der Waals surface area contributed by atoms with Gasteiger partial charge in [-0.3, -0.25) is 0 Å². The molecule has 1 N–H and O–H groups in total. The van der Waals surface area contributed by atoms with Crippen molar-refractivity contribution in [2.24, 2.45) is 0 Å². The van der Waals surface area contributed by atoms with E-state index in [4.69, 9.17) is 4.74 Å². The average molecular weight is 300 g/mol. The average Bonchev–Trinajstić information content (AvgIpc) is 2.93. The predicted octanol–water partition coefficient (Wildman–Crippen LogP) is 1.77. The van der Waals surface area contributed by atoms with Crippen LogP contribution in [0.15, 0.2) is 17.8 Å². The molecular weight excluding hydrogens is 284 g/mol. The lowest BCUT2D eigenvalue weighted by molar-refractivity contribution is 0.149. The number of rotatable bonds is 2. The Morgan fingerprint density at radius 3 is 2.67 bits per heavy atom. The summed E-state index contributed by atoms with van der Waals surface area (Å²) in [5.41, 5.74) is 1.55. The van der Waals surface area contributed by atoms with E-state index in [1.165, 1.54) is 0 Å². The fraction of sp³-hybridized carbons (Fsp3) is 0.400. The molecule has 6 heteroatoms. The van der Waals surface area contributed by atoms with E-state index in [1.54, 1.807) is 23.7 Å². The summed E-state index contributed by atoms with van der Waals surface area (Å²) in [7, 11) is 0. The molecule has 0 aliphatic carbocycles. The van der Waals surface area contributed by atoms with Crippen LogP contribution in [0.4, 0.5) is 0 Å². The molecule has 1 saturated heterocycles. The van der Waals surface area contributed by atoms with E-state index >= 15 is 0 Å². The van der Waals surface area contributed by atoms with Gasteiger partial charge in [-0.25, -0.2) is 15.0 Å². The van der Waals surface area contributed by atoms with Crippen molar-refractivity contribution in [1.82, 2.24) is 20.3 Å². The Morgan fingerprint density at radius 2 is 2.00 bits per heavy atom. The second-order valence-electron chi connectivity index (χ2n) is 4.82. The minimum atomic E-state index is 0.209. The lowest BCUT2D eigenvalue weighted by Crippen LogP contribution is -2.34. The zero-order chi connectivity index (χ0) is 14.5. The van der Waals surface area contributed by atoms with Gasteiger partial charge in [0, 0.05) is 17.8 Å². The number of aryl methyl sites for hydroxylation is 1. The van der Waals surface area contributed by atoms with Crippen molar-refractivity contribution in [3.05, 3.63) is 34.0 Å². The first-order valence-corrected chi connectivity index (χ1v) is 7.81. The molecule has 1 aliphatic heterocycles. The highest BCUT2D eigenvalue weighted by Gasteiger charge is 2.15. The normalized spacial score (nSPS) is 15.3.